The zero-order valence-corrected chi connectivity index (χ0v) is 11.4. The Bertz CT molecular complexity index is 583. The molecule has 2 rings (SSSR count). The van der Waals surface area contributed by atoms with Gasteiger partial charge in [0.05, 0.1) is 23.0 Å². The van der Waals surface area contributed by atoms with Gasteiger partial charge in [-0.2, -0.15) is 5.10 Å². The minimum Gasteiger partial charge on any atom is -0.308 e. The third-order valence-electron chi connectivity index (χ3n) is 2.99. The fraction of sp³-hybridized carbons (Fsp3) is 0.308. The molecule has 0 fully saturated rings. The predicted molar refractivity (Wildman–Crippen MR) is 70.2 cm³/mol. The summed E-state index contributed by atoms with van der Waals surface area (Å²) < 4.78 is 28.9. The lowest BCUT2D eigenvalue weighted by Crippen LogP contribution is -2.23. The molecule has 1 heterocycles. The van der Waals surface area contributed by atoms with Gasteiger partial charge in [-0.3, -0.25) is 4.68 Å². The number of nitrogens with zero attached hydrogens (tertiary/aromatic N) is 2. The van der Waals surface area contributed by atoms with E-state index in [-0.39, 0.29) is 5.56 Å². The van der Waals surface area contributed by atoms with Crippen molar-refractivity contribution in [2.24, 2.45) is 0 Å². The topological polar surface area (TPSA) is 29.9 Å². The first-order valence-electron chi connectivity index (χ1n) is 5.92. The standard InChI is InChI=1S/C13H14ClF2N3/c1-3-19-13(9(14)7-18-19)12(17-2)8-5-4-6-10(15)11(8)16/h4-7,12,17H,3H2,1-2H3. The van der Waals surface area contributed by atoms with Crippen LogP contribution in [-0.4, -0.2) is 16.8 Å². The quantitative estimate of drug-likeness (QED) is 0.935. The normalized spacial score (nSPS) is 12.7. The van der Waals surface area contributed by atoms with Crippen molar-refractivity contribution in [2.75, 3.05) is 7.05 Å². The number of aryl methyl sites for hydroxylation is 1. The number of halogens is 3. The maximum Gasteiger partial charge on any atom is 0.163 e. The first-order chi connectivity index (χ1) is 9.10. The second kappa shape index (κ2) is 5.67. The van der Waals surface area contributed by atoms with Gasteiger partial charge >= 0.3 is 0 Å². The van der Waals surface area contributed by atoms with Crippen LogP contribution < -0.4 is 5.32 Å². The molecule has 19 heavy (non-hydrogen) atoms. The van der Waals surface area contributed by atoms with Crippen LogP contribution in [0, 0.1) is 11.6 Å². The molecule has 0 spiro atoms. The molecule has 102 valence electrons. The van der Waals surface area contributed by atoms with E-state index in [1.165, 1.54) is 18.3 Å². The summed E-state index contributed by atoms with van der Waals surface area (Å²) in [4.78, 5) is 0. The van der Waals surface area contributed by atoms with Gasteiger partial charge in [0.1, 0.15) is 0 Å². The van der Waals surface area contributed by atoms with Crippen molar-refractivity contribution in [3.8, 4) is 0 Å². The summed E-state index contributed by atoms with van der Waals surface area (Å²) in [5, 5.41) is 7.48. The van der Waals surface area contributed by atoms with Crippen molar-refractivity contribution < 1.29 is 8.78 Å². The molecule has 0 saturated heterocycles. The summed E-state index contributed by atoms with van der Waals surface area (Å²) in [6.45, 7) is 2.50. The molecule has 0 aliphatic heterocycles. The van der Waals surface area contributed by atoms with Crippen LogP contribution >= 0.6 is 11.6 Å². The van der Waals surface area contributed by atoms with Gasteiger partial charge in [-0.25, -0.2) is 8.78 Å². The van der Waals surface area contributed by atoms with Crippen molar-refractivity contribution in [1.82, 2.24) is 15.1 Å². The second-order valence-electron chi connectivity index (χ2n) is 4.06. The molecule has 1 aromatic heterocycles. The lowest BCUT2D eigenvalue weighted by atomic mass is 10.0. The number of hydrogen-bond donors (Lipinski definition) is 1. The van der Waals surface area contributed by atoms with E-state index < -0.39 is 17.7 Å². The van der Waals surface area contributed by atoms with E-state index in [0.29, 0.717) is 17.3 Å². The van der Waals surface area contributed by atoms with E-state index in [9.17, 15) is 8.78 Å². The van der Waals surface area contributed by atoms with Gasteiger partial charge in [-0.05, 0) is 20.0 Å². The zero-order valence-electron chi connectivity index (χ0n) is 10.6. The summed E-state index contributed by atoms with van der Waals surface area (Å²) >= 11 is 6.10. The van der Waals surface area contributed by atoms with Crippen molar-refractivity contribution in [2.45, 2.75) is 19.5 Å². The Morgan fingerprint density at radius 1 is 1.42 bits per heavy atom. The van der Waals surface area contributed by atoms with Crippen LogP contribution in [-0.2, 0) is 6.54 Å². The summed E-state index contributed by atoms with van der Waals surface area (Å²) in [5.74, 6) is -1.75. The van der Waals surface area contributed by atoms with Crippen LogP contribution in [0.3, 0.4) is 0 Å². The van der Waals surface area contributed by atoms with Gasteiger partial charge in [0.25, 0.3) is 0 Å². The van der Waals surface area contributed by atoms with Gasteiger partial charge in [0.15, 0.2) is 11.6 Å². The highest BCUT2D eigenvalue weighted by molar-refractivity contribution is 6.31. The fourth-order valence-corrected chi connectivity index (χ4v) is 2.34. The monoisotopic (exact) mass is 285 g/mol. The smallest absolute Gasteiger partial charge is 0.163 e. The van der Waals surface area contributed by atoms with Gasteiger partial charge < -0.3 is 5.32 Å². The van der Waals surface area contributed by atoms with E-state index in [1.807, 2.05) is 6.92 Å². The molecule has 2 aromatic rings. The average molecular weight is 286 g/mol. The molecule has 1 aromatic carbocycles. The van der Waals surface area contributed by atoms with Crippen LogP contribution in [0.15, 0.2) is 24.4 Å². The largest absolute Gasteiger partial charge is 0.308 e. The summed E-state index contributed by atoms with van der Waals surface area (Å²) in [6.07, 6.45) is 1.50. The summed E-state index contributed by atoms with van der Waals surface area (Å²) in [7, 11) is 1.67. The zero-order chi connectivity index (χ0) is 14.0. The molecule has 0 aliphatic rings. The van der Waals surface area contributed by atoms with Crippen molar-refractivity contribution in [3.05, 3.63) is 52.3 Å². The highest BCUT2D eigenvalue weighted by atomic mass is 35.5. The van der Waals surface area contributed by atoms with Gasteiger partial charge in [0.2, 0.25) is 0 Å². The minimum atomic E-state index is -0.878. The molecule has 1 N–H and O–H groups in total. The number of benzene rings is 1. The molecule has 0 bridgehead atoms. The van der Waals surface area contributed by atoms with E-state index in [1.54, 1.807) is 11.7 Å². The highest BCUT2D eigenvalue weighted by Crippen LogP contribution is 2.30. The highest BCUT2D eigenvalue weighted by Gasteiger charge is 2.24. The minimum absolute atomic E-state index is 0.208. The summed E-state index contributed by atoms with van der Waals surface area (Å²) in [6, 6.07) is 3.54. The van der Waals surface area contributed by atoms with Crippen LogP contribution in [0.4, 0.5) is 8.78 Å². The first kappa shape index (κ1) is 14.0. The third-order valence-corrected chi connectivity index (χ3v) is 3.28. The molecule has 0 aliphatic carbocycles. The molecule has 1 unspecified atom stereocenters. The number of hydrogen-bond acceptors (Lipinski definition) is 2. The lowest BCUT2D eigenvalue weighted by Gasteiger charge is -2.19. The van der Waals surface area contributed by atoms with Crippen molar-refractivity contribution in [3.63, 3.8) is 0 Å². The van der Waals surface area contributed by atoms with E-state index in [2.05, 4.69) is 10.4 Å². The number of nitrogens with one attached hydrogen (secondary N) is 1. The van der Waals surface area contributed by atoms with Crippen molar-refractivity contribution in [1.29, 1.82) is 0 Å². The van der Waals surface area contributed by atoms with Crippen LogP contribution in [0.1, 0.15) is 24.2 Å². The Morgan fingerprint density at radius 2 is 2.16 bits per heavy atom. The molecular formula is C13H14ClF2N3. The Hall–Kier alpha value is -1.46. The Labute approximate surface area is 115 Å². The predicted octanol–water partition coefficient (Wildman–Crippen LogP) is 3.14. The van der Waals surface area contributed by atoms with Crippen molar-refractivity contribution >= 4 is 11.6 Å². The SMILES string of the molecule is CCn1ncc(Cl)c1C(NC)c1cccc(F)c1F. The van der Waals surface area contributed by atoms with Crippen LogP contribution in [0.5, 0.6) is 0 Å². The van der Waals surface area contributed by atoms with Gasteiger partial charge in [0, 0.05) is 12.1 Å². The number of aromatic nitrogens is 2. The molecule has 6 heteroatoms. The maximum atomic E-state index is 13.9. The number of rotatable bonds is 4. The van der Waals surface area contributed by atoms with E-state index >= 15 is 0 Å². The Balaban J connectivity index is 2.56. The van der Waals surface area contributed by atoms with Gasteiger partial charge in [-0.1, -0.05) is 23.7 Å². The van der Waals surface area contributed by atoms with Gasteiger partial charge in [-0.15, -0.1) is 0 Å². The third kappa shape index (κ3) is 2.48. The van der Waals surface area contributed by atoms with Crippen LogP contribution in [0.2, 0.25) is 5.02 Å². The lowest BCUT2D eigenvalue weighted by molar-refractivity contribution is 0.478. The first-order valence-corrected chi connectivity index (χ1v) is 6.30. The van der Waals surface area contributed by atoms with Crippen LogP contribution in [0.25, 0.3) is 0 Å². The van der Waals surface area contributed by atoms with E-state index in [4.69, 9.17) is 11.6 Å². The average Bonchev–Trinajstić information content (AvgIpc) is 2.77. The molecule has 1 atom stereocenters. The summed E-state index contributed by atoms with van der Waals surface area (Å²) in [5.41, 5.74) is 0.829. The Morgan fingerprint density at radius 3 is 2.79 bits per heavy atom. The van der Waals surface area contributed by atoms with E-state index in [0.717, 1.165) is 6.07 Å². The molecule has 0 radical (unpaired) electrons. The second-order valence-corrected chi connectivity index (χ2v) is 4.47. The molecular weight excluding hydrogens is 272 g/mol. The Kier molecular flexibility index (Phi) is 4.17. The maximum absolute atomic E-state index is 13.9. The molecule has 0 amide bonds. The fourth-order valence-electron chi connectivity index (χ4n) is 2.09. The molecule has 3 nitrogen and oxygen atoms in total. The molecule has 0 saturated carbocycles.